The van der Waals surface area contributed by atoms with Gasteiger partial charge in [0.1, 0.15) is 6.04 Å². The predicted octanol–water partition coefficient (Wildman–Crippen LogP) is 0.745. The Morgan fingerprint density at radius 3 is 1.36 bits per heavy atom. The summed E-state index contributed by atoms with van der Waals surface area (Å²) in [6, 6.07) is 3.52. The van der Waals surface area contributed by atoms with Crippen LogP contribution in [0.15, 0.2) is 18.2 Å². The first kappa shape index (κ1) is 54.8. The molecule has 64 heavy (non-hydrogen) atoms. The summed E-state index contributed by atoms with van der Waals surface area (Å²) in [6.45, 7) is 12.2. The van der Waals surface area contributed by atoms with Crippen molar-refractivity contribution in [2.75, 3.05) is 170 Å². The first-order valence-corrected chi connectivity index (χ1v) is 22.2. The van der Waals surface area contributed by atoms with Crippen LogP contribution < -0.4 is 16.4 Å². The summed E-state index contributed by atoms with van der Waals surface area (Å²) >= 11 is 0. The summed E-state index contributed by atoms with van der Waals surface area (Å²) in [5, 5.41) is 4.91. The number of benzene rings is 1. The van der Waals surface area contributed by atoms with E-state index in [9.17, 15) is 24.0 Å². The second-order valence-electron chi connectivity index (χ2n) is 14.2. The lowest BCUT2D eigenvalue weighted by atomic mass is 10.0. The van der Waals surface area contributed by atoms with Crippen LogP contribution in [0.2, 0.25) is 0 Å². The minimum absolute atomic E-state index is 0.0262. The Kier molecular flexibility index (Phi) is 31.4. The molecular weight excluding hydrogens is 844 g/mol. The highest BCUT2D eigenvalue weighted by Crippen LogP contribution is 2.32. The Labute approximate surface area is 375 Å². The first-order chi connectivity index (χ1) is 31.4. The molecule has 364 valence electrons. The Hall–Kier alpha value is -3.55. The van der Waals surface area contributed by atoms with E-state index >= 15 is 0 Å². The Morgan fingerprint density at radius 2 is 0.953 bits per heavy atom. The molecule has 1 aromatic carbocycles. The maximum absolute atomic E-state index is 13.2. The lowest BCUT2D eigenvalue weighted by Crippen LogP contribution is -2.54. The average molecular weight is 915 g/mol. The van der Waals surface area contributed by atoms with E-state index in [2.05, 4.69) is 10.6 Å². The van der Waals surface area contributed by atoms with E-state index < -0.39 is 29.7 Å². The molecule has 0 spiro atoms. The minimum Gasteiger partial charge on any atom is -0.379 e. The Balaban J connectivity index is 0.976. The van der Waals surface area contributed by atoms with Gasteiger partial charge in [-0.05, 0) is 31.4 Å². The molecule has 1 unspecified atom stereocenters. The van der Waals surface area contributed by atoms with E-state index in [0.29, 0.717) is 172 Å². The highest BCUT2D eigenvalue weighted by molar-refractivity contribution is 6.26. The molecule has 1 atom stereocenters. The molecule has 2 aliphatic rings. The maximum atomic E-state index is 13.2. The zero-order valence-corrected chi connectivity index (χ0v) is 37.2. The predicted molar refractivity (Wildman–Crippen MR) is 229 cm³/mol. The standard InChI is InChI=1S/C43H70N4O17/c44-10-12-54-14-16-56-18-20-58-22-24-60-26-28-62-30-32-64-34-33-63-31-29-61-27-25-59-23-21-57-19-17-55-15-13-53-11-3-1-2-7-38(48)45-36-6-4-5-35-40(36)43(52)47(42(35)51)37-8-9-39(49)46-41(37)50/h4-6,37H,1-3,7-34,44H2,(H,45,48)(H,46,49,50). The molecule has 4 N–H and O–H groups in total. The fourth-order valence-electron chi connectivity index (χ4n) is 6.10. The van der Waals surface area contributed by atoms with Crippen LogP contribution >= 0.6 is 0 Å². The molecule has 1 aromatic rings. The molecule has 0 radical (unpaired) electrons. The molecule has 5 amide bonds. The molecule has 0 aromatic heterocycles. The number of nitrogens with zero attached hydrogens (tertiary/aromatic N) is 1. The van der Waals surface area contributed by atoms with Crippen LogP contribution in [0.25, 0.3) is 0 Å². The van der Waals surface area contributed by atoms with Gasteiger partial charge in [-0.3, -0.25) is 34.2 Å². The zero-order chi connectivity index (χ0) is 45.7. The number of rotatable bonds is 43. The van der Waals surface area contributed by atoms with Crippen LogP contribution in [-0.2, 0) is 71.2 Å². The molecule has 21 heteroatoms. The van der Waals surface area contributed by atoms with Crippen LogP contribution in [0.4, 0.5) is 5.69 Å². The molecule has 0 saturated carbocycles. The molecule has 1 fully saturated rings. The van der Waals surface area contributed by atoms with Gasteiger partial charge in [-0.25, -0.2) is 0 Å². The molecule has 21 nitrogen and oxygen atoms in total. The van der Waals surface area contributed by atoms with Crippen LogP contribution in [-0.4, -0.2) is 206 Å². The second-order valence-corrected chi connectivity index (χ2v) is 14.2. The number of hydrogen-bond donors (Lipinski definition) is 3. The van der Waals surface area contributed by atoms with Crippen molar-refractivity contribution in [2.45, 2.75) is 44.6 Å². The first-order valence-electron chi connectivity index (χ1n) is 22.2. The molecule has 2 aliphatic heterocycles. The van der Waals surface area contributed by atoms with Crippen LogP contribution in [0.5, 0.6) is 0 Å². The van der Waals surface area contributed by atoms with Crippen molar-refractivity contribution in [1.82, 2.24) is 10.2 Å². The van der Waals surface area contributed by atoms with E-state index in [1.807, 2.05) is 0 Å². The van der Waals surface area contributed by atoms with Gasteiger partial charge in [-0.15, -0.1) is 0 Å². The quantitative estimate of drug-likeness (QED) is 0.0604. The highest BCUT2D eigenvalue weighted by atomic mass is 16.6. The number of carbonyl (C=O) groups excluding carboxylic acids is 5. The number of nitrogens with one attached hydrogen (secondary N) is 2. The summed E-state index contributed by atoms with van der Waals surface area (Å²) in [6.07, 6.45) is 2.43. The van der Waals surface area contributed by atoms with Gasteiger partial charge in [0.25, 0.3) is 11.8 Å². The number of piperidine rings is 1. The van der Waals surface area contributed by atoms with Gasteiger partial charge in [0.2, 0.25) is 17.7 Å². The van der Waals surface area contributed by atoms with Crippen molar-refractivity contribution in [3.05, 3.63) is 29.3 Å². The number of hydrogen-bond acceptors (Lipinski definition) is 18. The highest BCUT2D eigenvalue weighted by Gasteiger charge is 2.45. The van der Waals surface area contributed by atoms with E-state index in [1.165, 1.54) is 6.07 Å². The molecule has 0 bridgehead atoms. The van der Waals surface area contributed by atoms with E-state index in [4.69, 9.17) is 62.6 Å². The smallest absolute Gasteiger partial charge is 0.264 e. The van der Waals surface area contributed by atoms with Crippen molar-refractivity contribution in [3.8, 4) is 0 Å². The second kappa shape index (κ2) is 36.6. The summed E-state index contributed by atoms with van der Waals surface area (Å²) < 4.78 is 65.6. The zero-order valence-electron chi connectivity index (χ0n) is 37.2. The van der Waals surface area contributed by atoms with Gasteiger partial charge >= 0.3 is 0 Å². The third-order valence-corrected chi connectivity index (χ3v) is 9.29. The average Bonchev–Trinajstić information content (AvgIpc) is 3.54. The maximum Gasteiger partial charge on any atom is 0.264 e. The Morgan fingerprint density at radius 1 is 0.547 bits per heavy atom. The van der Waals surface area contributed by atoms with E-state index in [1.54, 1.807) is 12.1 Å². The van der Waals surface area contributed by atoms with Crippen molar-refractivity contribution in [3.63, 3.8) is 0 Å². The molecule has 1 saturated heterocycles. The topological polar surface area (TPSA) is 249 Å². The van der Waals surface area contributed by atoms with E-state index in [0.717, 1.165) is 17.7 Å². The van der Waals surface area contributed by atoms with Gasteiger partial charge in [0.05, 0.1) is 169 Å². The van der Waals surface area contributed by atoms with Gasteiger partial charge in [0.15, 0.2) is 0 Å². The molecule has 3 rings (SSSR count). The Bertz CT molecular complexity index is 1460. The number of unbranched alkanes of at least 4 members (excludes halogenated alkanes) is 2. The number of anilines is 1. The lowest BCUT2D eigenvalue weighted by molar-refractivity contribution is -0.136. The third kappa shape index (κ3) is 24.1. The monoisotopic (exact) mass is 914 g/mol. The van der Waals surface area contributed by atoms with Gasteiger partial charge < -0.3 is 67.9 Å². The molecule has 0 aliphatic carbocycles. The fraction of sp³-hybridized carbons (Fsp3) is 0.744. The van der Waals surface area contributed by atoms with Gasteiger partial charge in [-0.1, -0.05) is 12.5 Å². The summed E-state index contributed by atoms with van der Waals surface area (Å²) in [4.78, 5) is 63.6. The summed E-state index contributed by atoms with van der Waals surface area (Å²) in [5.74, 6) is -2.73. The van der Waals surface area contributed by atoms with Crippen LogP contribution in [0.3, 0.4) is 0 Å². The van der Waals surface area contributed by atoms with Gasteiger partial charge in [-0.2, -0.15) is 0 Å². The largest absolute Gasteiger partial charge is 0.379 e. The SMILES string of the molecule is NCCOCCOCCOCCOCCOCCOCCOCCOCCOCCOCCOCCOCCCCCC(=O)Nc1cccc2c1C(=O)N(C1CCC(=O)NC1=O)C2=O. The van der Waals surface area contributed by atoms with Crippen molar-refractivity contribution in [1.29, 1.82) is 0 Å². The number of carbonyl (C=O) groups is 5. The summed E-state index contributed by atoms with van der Waals surface area (Å²) in [5.41, 5.74) is 5.71. The number of fused-ring (bicyclic) bond motifs is 1. The normalized spacial score (nSPS) is 15.0. The number of amides is 5. The lowest BCUT2D eigenvalue weighted by Gasteiger charge is -2.27. The summed E-state index contributed by atoms with van der Waals surface area (Å²) in [7, 11) is 0. The van der Waals surface area contributed by atoms with Crippen LogP contribution in [0, 0.1) is 0 Å². The van der Waals surface area contributed by atoms with Gasteiger partial charge in [0, 0.05) is 26.0 Å². The number of ether oxygens (including phenoxy) is 12. The van der Waals surface area contributed by atoms with Crippen molar-refractivity contribution >= 4 is 35.2 Å². The number of imide groups is 2. The third-order valence-electron chi connectivity index (χ3n) is 9.29. The minimum atomic E-state index is -1.08. The van der Waals surface area contributed by atoms with Crippen LogP contribution in [0.1, 0.15) is 59.2 Å². The molecule has 2 heterocycles. The fourth-order valence-corrected chi connectivity index (χ4v) is 6.10. The molecular formula is C43H70N4O17. The number of nitrogens with two attached hydrogens (primary N) is 1. The van der Waals surface area contributed by atoms with E-state index in [-0.39, 0.29) is 42.0 Å². The van der Waals surface area contributed by atoms with Crippen molar-refractivity contribution in [2.24, 2.45) is 5.73 Å². The van der Waals surface area contributed by atoms with Crippen molar-refractivity contribution < 1.29 is 80.8 Å².